The topological polar surface area (TPSA) is 123 Å². The van der Waals surface area contributed by atoms with Crippen LogP contribution in [0.2, 0.25) is 0 Å². The van der Waals surface area contributed by atoms with E-state index in [1.807, 2.05) is 0 Å². The number of hydrogen-bond acceptors (Lipinski definition) is 5. The van der Waals surface area contributed by atoms with E-state index in [1.54, 1.807) is 12.1 Å². The van der Waals surface area contributed by atoms with Gasteiger partial charge in [-0.25, -0.2) is 8.78 Å². The Hall–Kier alpha value is -4.08. The highest BCUT2D eigenvalue weighted by Gasteiger charge is 2.29. The first-order chi connectivity index (χ1) is 14.7. The molecular weight excluding hydrogens is 412 g/mol. The van der Waals surface area contributed by atoms with Gasteiger partial charge in [-0.2, -0.15) is 0 Å². The Morgan fingerprint density at radius 1 is 1.10 bits per heavy atom. The lowest BCUT2D eigenvalue weighted by molar-refractivity contribution is -0.139. The number of benzene rings is 2. The van der Waals surface area contributed by atoms with Crippen molar-refractivity contribution in [3.05, 3.63) is 64.9 Å². The van der Waals surface area contributed by atoms with Crippen molar-refractivity contribution in [2.45, 2.75) is 19.4 Å². The molecule has 1 aromatic heterocycles. The maximum Gasteiger partial charge on any atom is 0.286 e. The zero-order chi connectivity index (χ0) is 22.3. The lowest BCUT2D eigenvalue weighted by atomic mass is 10.1. The first-order valence-electron chi connectivity index (χ1n) is 9.19. The minimum absolute atomic E-state index is 0.0103. The Kier molecular flexibility index (Phi) is 4.97. The molecule has 1 aliphatic rings. The number of nitrogens with two attached hydrogens (primary N) is 1. The highest BCUT2D eigenvalue weighted by Crippen LogP contribution is 2.33. The van der Waals surface area contributed by atoms with Crippen molar-refractivity contribution < 1.29 is 32.4 Å². The second-order valence-corrected chi connectivity index (χ2v) is 6.96. The Morgan fingerprint density at radius 3 is 2.48 bits per heavy atom. The summed E-state index contributed by atoms with van der Waals surface area (Å²) in [6, 6.07) is 7.60. The molecule has 8 nitrogen and oxygen atoms in total. The second-order valence-electron chi connectivity index (χ2n) is 6.96. The summed E-state index contributed by atoms with van der Waals surface area (Å²) < 4.78 is 32.8. The van der Waals surface area contributed by atoms with Crippen LogP contribution in [0.25, 0.3) is 11.0 Å². The van der Waals surface area contributed by atoms with E-state index in [1.165, 1.54) is 12.1 Å². The molecule has 0 aliphatic carbocycles. The van der Waals surface area contributed by atoms with Crippen LogP contribution in [-0.4, -0.2) is 28.5 Å². The number of carbonyl (C=O) groups is 4. The van der Waals surface area contributed by atoms with Gasteiger partial charge in [0, 0.05) is 24.5 Å². The zero-order valence-electron chi connectivity index (χ0n) is 15.9. The summed E-state index contributed by atoms with van der Waals surface area (Å²) in [6.07, 6.45) is 0.297. The second kappa shape index (κ2) is 7.63. The summed E-state index contributed by atoms with van der Waals surface area (Å²) in [5.74, 6) is -4.89. The molecular formula is C21H15F2N3O5. The van der Waals surface area contributed by atoms with Gasteiger partial charge in [-0.3, -0.25) is 24.1 Å². The van der Waals surface area contributed by atoms with Crippen molar-refractivity contribution in [1.82, 2.24) is 4.90 Å². The van der Waals surface area contributed by atoms with Crippen LogP contribution in [0.15, 0.2) is 40.8 Å². The van der Waals surface area contributed by atoms with Crippen molar-refractivity contribution in [3.8, 4) is 0 Å². The fourth-order valence-electron chi connectivity index (χ4n) is 3.40. The van der Waals surface area contributed by atoms with E-state index in [2.05, 4.69) is 5.32 Å². The molecule has 0 bridgehead atoms. The SMILES string of the molecule is NC(=O)c1oc2c(F)cc(F)cc2c1NC(=O)c1cccc(CN2C(=O)CCC2=O)c1. The van der Waals surface area contributed by atoms with Crippen LogP contribution in [0, 0.1) is 11.6 Å². The summed E-state index contributed by atoms with van der Waals surface area (Å²) >= 11 is 0. The van der Waals surface area contributed by atoms with Gasteiger partial charge >= 0.3 is 0 Å². The van der Waals surface area contributed by atoms with E-state index in [0.29, 0.717) is 11.6 Å². The molecule has 0 saturated carbocycles. The average Bonchev–Trinajstić information content (AvgIpc) is 3.23. The van der Waals surface area contributed by atoms with Crippen molar-refractivity contribution in [2.24, 2.45) is 5.73 Å². The van der Waals surface area contributed by atoms with Gasteiger partial charge in [-0.15, -0.1) is 0 Å². The predicted molar refractivity (Wildman–Crippen MR) is 104 cm³/mol. The standard InChI is InChI=1S/C21H15F2N3O5/c22-12-7-13-17(19(20(24)29)31-18(13)14(23)8-12)25-21(30)11-3-1-2-10(6-11)9-26-15(27)4-5-16(26)28/h1-3,6-8H,4-5,9H2,(H2,24,29)(H,25,30). The first kappa shape index (κ1) is 20.2. The van der Waals surface area contributed by atoms with Gasteiger partial charge in [0.2, 0.25) is 17.6 Å². The number of nitrogens with one attached hydrogen (secondary N) is 1. The minimum atomic E-state index is -1.08. The average molecular weight is 427 g/mol. The van der Waals surface area contributed by atoms with Gasteiger partial charge in [0.05, 0.1) is 11.9 Å². The molecule has 2 heterocycles. The molecule has 1 fully saturated rings. The molecule has 2 aromatic carbocycles. The number of hydrogen-bond donors (Lipinski definition) is 2. The number of carbonyl (C=O) groups excluding carboxylic acids is 4. The number of likely N-dealkylation sites (tertiary alicyclic amines) is 1. The van der Waals surface area contributed by atoms with E-state index in [4.69, 9.17) is 10.2 Å². The summed E-state index contributed by atoms with van der Waals surface area (Å²) in [7, 11) is 0. The van der Waals surface area contributed by atoms with Gasteiger partial charge in [0.1, 0.15) is 11.5 Å². The van der Waals surface area contributed by atoms with Gasteiger partial charge in [0.15, 0.2) is 11.4 Å². The number of amides is 4. The van der Waals surface area contributed by atoms with Crippen LogP contribution in [-0.2, 0) is 16.1 Å². The number of primary amides is 1. The van der Waals surface area contributed by atoms with Crippen molar-refractivity contribution >= 4 is 40.3 Å². The van der Waals surface area contributed by atoms with Gasteiger partial charge in [-0.1, -0.05) is 12.1 Å². The molecule has 0 unspecified atom stereocenters. The molecule has 3 aromatic rings. The number of rotatable bonds is 5. The number of halogens is 2. The Labute approximate surface area is 173 Å². The first-order valence-corrected chi connectivity index (χ1v) is 9.19. The summed E-state index contributed by atoms with van der Waals surface area (Å²) in [6.45, 7) is 0.0103. The summed E-state index contributed by atoms with van der Waals surface area (Å²) in [4.78, 5) is 49.2. The summed E-state index contributed by atoms with van der Waals surface area (Å²) in [5.41, 5.74) is 5.22. The third kappa shape index (κ3) is 3.75. The lowest BCUT2D eigenvalue weighted by Crippen LogP contribution is -2.28. The third-order valence-electron chi connectivity index (χ3n) is 4.86. The Balaban J connectivity index is 1.65. The normalized spacial score (nSPS) is 13.8. The van der Waals surface area contributed by atoms with Gasteiger partial charge in [0.25, 0.3) is 11.8 Å². The Bertz CT molecular complexity index is 1250. The third-order valence-corrected chi connectivity index (χ3v) is 4.86. The van der Waals surface area contributed by atoms with E-state index >= 15 is 0 Å². The van der Waals surface area contributed by atoms with E-state index in [0.717, 1.165) is 11.0 Å². The maximum atomic E-state index is 14.0. The Morgan fingerprint density at radius 2 is 1.81 bits per heavy atom. The van der Waals surface area contributed by atoms with E-state index < -0.39 is 34.8 Å². The highest BCUT2D eigenvalue weighted by atomic mass is 19.1. The number of nitrogens with zero attached hydrogens (tertiary/aromatic N) is 1. The minimum Gasteiger partial charge on any atom is -0.446 e. The molecule has 0 atom stereocenters. The lowest BCUT2D eigenvalue weighted by Gasteiger charge is -2.14. The van der Waals surface area contributed by atoms with Crippen molar-refractivity contribution in [2.75, 3.05) is 5.32 Å². The zero-order valence-corrected chi connectivity index (χ0v) is 15.9. The molecule has 1 saturated heterocycles. The number of imide groups is 1. The van der Waals surface area contributed by atoms with Crippen LogP contribution in [0.1, 0.15) is 39.3 Å². The fourth-order valence-corrected chi connectivity index (χ4v) is 3.40. The number of anilines is 1. The van der Waals surface area contributed by atoms with Crippen LogP contribution in [0.4, 0.5) is 14.5 Å². The largest absolute Gasteiger partial charge is 0.446 e. The van der Waals surface area contributed by atoms with Crippen molar-refractivity contribution in [3.63, 3.8) is 0 Å². The summed E-state index contributed by atoms with van der Waals surface area (Å²) in [5, 5.41) is 2.25. The molecule has 0 spiro atoms. The van der Waals surface area contributed by atoms with Gasteiger partial charge < -0.3 is 15.5 Å². The van der Waals surface area contributed by atoms with E-state index in [-0.39, 0.29) is 47.8 Å². The molecule has 10 heteroatoms. The molecule has 31 heavy (non-hydrogen) atoms. The molecule has 0 radical (unpaired) electrons. The molecule has 4 amide bonds. The predicted octanol–water partition coefficient (Wildman–Crippen LogP) is 2.71. The van der Waals surface area contributed by atoms with Gasteiger partial charge in [-0.05, 0) is 23.8 Å². The van der Waals surface area contributed by atoms with Crippen molar-refractivity contribution in [1.29, 1.82) is 0 Å². The molecule has 158 valence electrons. The quantitative estimate of drug-likeness (QED) is 0.606. The molecule has 1 aliphatic heterocycles. The number of furan rings is 1. The monoisotopic (exact) mass is 427 g/mol. The molecule has 3 N–H and O–H groups in total. The molecule has 4 rings (SSSR count). The van der Waals surface area contributed by atoms with Crippen LogP contribution < -0.4 is 11.1 Å². The van der Waals surface area contributed by atoms with Crippen LogP contribution in [0.5, 0.6) is 0 Å². The van der Waals surface area contributed by atoms with Crippen LogP contribution in [0.3, 0.4) is 0 Å². The number of fused-ring (bicyclic) bond motifs is 1. The van der Waals surface area contributed by atoms with E-state index in [9.17, 15) is 28.0 Å². The van der Waals surface area contributed by atoms with Crippen LogP contribution >= 0.6 is 0 Å². The smallest absolute Gasteiger partial charge is 0.286 e. The fraction of sp³-hybridized carbons (Fsp3) is 0.143. The maximum absolute atomic E-state index is 14.0. The highest BCUT2D eigenvalue weighted by molar-refractivity contribution is 6.14.